The summed E-state index contributed by atoms with van der Waals surface area (Å²) in [7, 11) is 0. The number of rotatable bonds is 4. The van der Waals surface area contributed by atoms with E-state index in [0.717, 1.165) is 36.1 Å². The molecule has 1 heterocycles. The van der Waals surface area contributed by atoms with Crippen LogP contribution in [0.3, 0.4) is 0 Å². The van der Waals surface area contributed by atoms with Crippen molar-refractivity contribution in [1.29, 1.82) is 0 Å². The van der Waals surface area contributed by atoms with Gasteiger partial charge in [-0.1, -0.05) is 13.3 Å². The summed E-state index contributed by atoms with van der Waals surface area (Å²) in [5.41, 5.74) is 7.69. The van der Waals surface area contributed by atoms with Gasteiger partial charge in [0, 0.05) is 18.5 Å². The topological polar surface area (TPSA) is 74.9 Å². The second-order valence-corrected chi connectivity index (χ2v) is 4.14. The van der Waals surface area contributed by atoms with Crippen molar-refractivity contribution < 1.29 is 5.11 Å². The average Bonchev–Trinajstić information content (AvgIpc) is 2.59. The van der Waals surface area contributed by atoms with Crippen LogP contribution in [-0.2, 0) is 6.42 Å². The molecule has 1 aromatic heterocycles. The molecule has 0 bridgehead atoms. The van der Waals surface area contributed by atoms with E-state index in [0.29, 0.717) is 0 Å². The van der Waals surface area contributed by atoms with Gasteiger partial charge in [0.25, 0.3) is 0 Å². The number of nitrogens with zero attached hydrogens (tertiary/aromatic N) is 1. The fraction of sp³-hybridized carbons (Fsp3) is 0.417. The molecule has 2 aromatic rings. The van der Waals surface area contributed by atoms with Crippen LogP contribution in [0.1, 0.15) is 25.6 Å². The molecule has 0 spiro atoms. The standard InChI is InChI=1S/C12H17N3O/c1-2-3-8(13)6-12-14-10-5-4-9(16)7-11(10)15-12/h4-5,7-8,16H,2-3,6,13H2,1H3,(H,14,15). The first-order valence-electron chi connectivity index (χ1n) is 5.62. The van der Waals surface area contributed by atoms with Gasteiger partial charge in [-0.15, -0.1) is 0 Å². The van der Waals surface area contributed by atoms with Gasteiger partial charge in [-0.25, -0.2) is 4.98 Å². The quantitative estimate of drug-likeness (QED) is 0.735. The number of hydrogen-bond donors (Lipinski definition) is 3. The van der Waals surface area contributed by atoms with Gasteiger partial charge in [-0.2, -0.15) is 0 Å². The summed E-state index contributed by atoms with van der Waals surface area (Å²) < 4.78 is 0. The maximum absolute atomic E-state index is 9.33. The Kier molecular flexibility index (Phi) is 3.10. The third-order valence-corrected chi connectivity index (χ3v) is 2.63. The Bertz CT molecular complexity index is 478. The number of phenolic OH excluding ortho intramolecular Hbond substituents is 1. The summed E-state index contributed by atoms with van der Waals surface area (Å²) in [4.78, 5) is 7.60. The number of nitrogens with one attached hydrogen (secondary N) is 1. The second-order valence-electron chi connectivity index (χ2n) is 4.14. The van der Waals surface area contributed by atoms with Crippen molar-refractivity contribution >= 4 is 11.0 Å². The highest BCUT2D eigenvalue weighted by molar-refractivity contribution is 5.76. The van der Waals surface area contributed by atoms with E-state index in [1.807, 2.05) is 0 Å². The van der Waals surface area contributed by atoms with Crippen molar-refractivity contribution in [3.05, 3.63) is 24.0 Å². The zero-order valence-corrected chi connectivity index (χ0v) is 9.40. The van der Waals surface area contributed by atoms with Gasteiger partial charge in [-0.3, -0.25) is 0 Å². The molecule has 0 radical (unpaired) electrons. The molecular formula is C12H17N3O. The van der Waals surface area contributed by atoms with E-state index in [1.165, 1.54) is 0 Å². The molecule has 1 unspecified atom stereocenters. The Balaban J connectivity index is 2.19. The Morgan fingerprint density at radius 3 is 3.06 bits per heavy atom. The molecular weight excluding hydrogens is 202 g/mol. The molecule has 0 aliphatic heterocycles. The van der Waals surface area contributed by atoms with Crippen molar-refractivity contribution in [2.24, 2.45) is 5.73 Å². The molecule has 0 aliphatic rings. The van der Waals surface area contributed by atoms with E-state index in [2.05, 4.69) is 16.9 Å². The summed E-state index contributed by atoms with van der Waals surface area (Å²) in [6.07, 6.45) is 2.84. The fourth-order valence-electron chi connectivity index (χ4n) is 1.87. The third-order valence-electron chi connectivity index (χ3n) is 2.63. The zero-order chi connectivity index (χ0) is 11.5. The summed E-state index contributed by atoms with van der Waals surface area (Å²) in [5.74, 6) is 1.14. The summed E-state index contributed by atoms with van der Waals surface area (Å²) in [5, 5.41) is 9.33. The molecule has 0 aliphatic carbocycles. The van der Waals surface area contributed by atoms with E-state index >= 15 is 0 Å². The molecule has 4 nitrogen and oxygen atoms in total. The van der Waals surface area contributed by atoms with E-state index in [4.69, 9.17) is 5.73 Å². The smallest absolute Gasteiger partial charge is 0.117 e. The third kappa shape index (κ3) is 2.33. The van der Waals surface area contributed by atoms with Gasteiger partial charge in [0.2, 0.25) is 0 Å². The number of aromatic nitrogens is 2. The molecule has 2 rings (SSSR count). The number of imidazole rings is 1. The van der Waals surface area contributed by atoms with Crippen LogP contribution < -0.4 is 5.73 Å². The van der Waals surface area contributed by atoms with Crippen molar-refractivity contribution in [1.82, 2.24) is 9.97 Å². The molecule has 0 saturated heterocycles. The Labute approximate surface area is 94.5 Å². The van der Waals surface area contributed by atoms with Crippen molar-refractivity contribution in [3.63, 3.8) is 0 Å². The number of fused-ring (bicyclic) bond motifs is 1. The number of nitrogens with two attached hydrogens (primary N) is 1. The predicted octanol–water partition coefficient (Wildman–Crippen LogP) is 1.94. The lowest BCUT2D eigenvalue weighted by molar-refractivity contribution is 0.476. The van der Waals surface area contributed by atoms with Crippen LogP contribution in [-0.4, -0.2) is 21.1 Å². The van der Waals surface area contributed by atoms with Gasteiger partial charge in [0.05, 0.1) is 11.0 Å². The Morgan fingerprint density at radius 1 is 1.50 bits per heavy atom. The lowest BCUT2D eigenvalue weighted by Crippen LogP contribution is -2.22. The van der Waals surface area contributed by atoms with Gasteiger partial charge >= 0.3 is 0 Å². The molecule has 16 heavy (non-hydrogen) atoms. The maximum Gasteiger partial charge on any atom is 0.117 e. The first-order valence-corrected chi connectivity index (χ1v) is 5.62. The van der Waals surface area contributed by atoms with E-state index < -0.39 is 0 Å². The second kappa shape index (κ2) is 4.53. The van der Waals surface area contributed by atoms with Gasteiger partial charge in [0.15, 0.2) is 0 Å². The molecule has 1 aromatic carbocycles. The minimum absolute atomic E-state index is 0.152. The zero-order valence-electron chi connectivity index (χ0n) is 9.40. The maximum atomic E-state index is 9.33. The molecule has 4 N–H and O–H groups in total. The fourth-order valence-corrected chi connectivity index (χ4v) is 1.87. The van der Waals surface area contributed by atoms with Crippen LogP contribution in [0.2, 0.25) is 0 Å². The largest absolute Gasteiger partial charge is 0.508 e. The number of hydrogen-bond acceptors (Lipinski definition) is 3. The normalized spacial score (nSPS) is 13.1. The SMILES string of the molecule is CCCC(N)Cc1nc2ccc(O)cc2[nH]1. The number of benzene rings is 1. The number of phenols is 1. The van der Waals surface area contributed by atoms with E-state index in [1.54, 1.807) is 18.2 Å². The van der Waals surface area contributed by atoms with Crippen LogP contribution in [0.25, 0.3) is 11.0 Å². The van der Waals surface area contributed by atoms with E-state index in [-0.39, 0.29) is 11.8 Å². The minimum Gasteiger partial charge on any atom is -0.508 e. The molecule has 0 saturated carbocycles. The Hall–Kier alpha value is -1.55. The molecule has 4 heteroatoms. The van der Waals surface area contributed by atoms with Crippen LogP contribution in [0.15, 0.2) is 18.2 Å². The first kappa shape index (κ1) is 11.0. The highest BCUT2D eigenvalue weighted by atomic mass is 16.3. The van der Waals surface area contributed by atoms with E-state index in [9.17, 15) is 5.11 Å². The highest BCUT2D eigenvalue weighted by Gasteiger charge is 2.07. The van der Waals surface area contributed by atoms with Gasteiger partial charge < -0.3 is 15.8 Å². The van der Waals surface area contributed by atoms with Gasteiger partial charge in [0.1, 0.15) is 11.6 Å². The Morgan fingerprint density at radius 2 is 2.31 bits per heavy atom. The molecule has 86 valence electrons. The monoisotopic (exact) mass is 219 g/mol. The minimum atomic E-state index is 0.152. The van der Waals surface area contributed by atoms with Crippen molar-refractivity contribution in [2.75, 3.05) is 0 Å². The first-order chi connectivity index (χ1) is 7.69. The summed E-state index contributed by atoms with van der Waals surface area (Å²) in [6.45, 7) is 2.12. The van der Waals surface area contributed by atoms with Crippen LogP contribution in [0.4, 0.5) is 0 Å². The van der Waals surface area contributed by atoms with Crippen LogP contribution in [0.5, 0.6) is 5.75 Å². The lowest BCUT2D eigenvalue weighted by atomic mass is 10.1. The highest BCUT2D eigenvalue weighted by Crippen LogP contribution is 2.18. The number of aromatic hydroxyl groups is 1. The summed E-state index contributed by atoms with van der Waals surface area (Å²) in [6, 6.07) is 5.27. The number of H-pyrrole nitrogens is 1. The number of aromatic amines is 1. The predicted molar refractivity (Wildman–Crippen MR) is 64.3 cm³/mol. The summed E-state index contributed by atoms with van der Waals surface area (Å²) >= 11 is 0. The van der Waals surface area contributed by atoms with Crippen molar-refractivity contribution in [3.8, 4) is 5.75 Å². The van der Waals surface area contributed by atoms with Crippen LogP contribution >= 0.6 is 0 Å². The van der Waals surface area contributed by atoms with Gasteiger partial charge in [-0.05, 0) is 18.6 Å². The lowest BCUT2D eigenvalue weighted by Gasteiger charge is -2.06. The van der Waals surface area contributed by atoms with Crippen LogP contribution in [0, 0.1) is 0 Å². The van der Waals surface area contributed by atoms with Crippen molar-refractivity contribution in [2.45, 2.75) is 32.2 Å². The molecule has 1 atom stereocenters. The molecule has 0 fully saturated rings. The average molecular weight is 219 g/mol. The molecule has 0 amide bonds.